The molecule has 138 valence electrons. The van der Waals surface area contributed by atoms with Gasteiger partial charge in [-0.1, -0.05) is 12.1 Å². The van der Waals surface area contributed by atoms with E-state index in [1.807, 2.05) is 0 Å². The summed E-state index contributed by atoms with van der Waals surface area (Å²) in [6, 6.07) is 5.98. The smallest absolute Gasteiger partial charge is 0.354 e. The first-order chi connectivity index (χ1) is 11.5. The molecule has 0 atom stereocenters. The van der Waals surface area contributed by atoms with E-state index in [9.17, 15) is 18.0 Å². The van der Waals surface area contributed by atoms with E-state index in [2.05, 4.69) is 19.5 Å². The van der Waals surface area contributed by atoms with Gasteiger partial charge in [-0.05, 0) is 32.9 Å². The van der Waals surface area contributed by atoms with Crippen LogP contribution in [0.5, 0.6) is 0 Å². The number of sulfonamides is 1. The van der Waals surface area contributed by atoms with Crippen molar-refractivity contribution in [1.29, 1.82) is 0 Å². The molecule has 0 bridgehead atoms. The van der Waals surface area contributed by atoms with E-state index in [1.54, 1.807) is 32.9 Å². The molecule has 0 unspecified atom stereocenters. The second-order valence-electron chi connectivity index (χ2n) is 6.05. The van der Waals surface area contributed by atoms with E-state index in [0.717, 1.165) is 20.3 Å². The number of carbonyl (C=O) groups is 2. The lowest BCUT2D eigenvalue weighted by molar-refractivity contribution is -0.138. The zero-order chi connectivity index (χ0) is 19.3. The number of benzene rings is 1. The number of rotatable bonds is 6. The summed E-state index contributed by atoms with van der Waals surface area (Å²) < 4.78 is 36.8. The van der Waals surface area contributed by atoms with E-state index in [0.29, 0.717) is 0 Å². The van der Waals surface area contributed by atoms with Crippen molar-refractivity contribution in [2.24, 2.45) is 0 Å². The minimum Gasteiger partial charge on any atom is -0.466 e. The molecule has 0 aliphatic rings. The quantitative estimate of drug-likeness (QED) is 0.575. The van der Waals surface area contributed by atoms with Gasteiger partial charge in [0.05, 0.1) is 26.0 Å². The lowest BCUT2D eigenvalue weighted by Gasteiger charge is -2.22. The van der Waals surface area contributed by atoms with Gasteiger partial charge in [0.1, 0.15) is 10.6 Å². The largest absolute Gasteiger partial charge is 0.466 e. The number of methoxy groups -OCH3 is 2. The molecule has 1 aromatic rings. The maximum Gasteiger partial charge on any atom is 0.354 e. The predicted molar refractivity (Wildman–Crippen MR) is 92.3 cm³/mol. The molecule has 2 N–H and O–H groups in total. The second kappa shape index (κ2) is 8.13. The van der Waals surface area contributed by atoms with Crippen molar-refractivity contribution in [2.45, 2.75) is 31.2 Å². The molecule has 9 heteroatoms. The van der Waals surface area contributed by atoms with Crippen LogP contribution in [0.3, 0.4) is 0 Å². The molecule has 1 aromatic carbocycles. The average Bonchev–Trinajstić information content (AvgIpc) is 2.51. The summed E-state index contributed by atoms with van der Waals surface area (Å²) in [6.07, 6.45) is 0.881. The molecular weight excluding hydrogens is 348 g/mol. The Morgan fingerprint density at radius 2 is 1.68 bits per heavy atom. The van der Waals surface area contributed by atoms with Gasteiger partial charge in [0.15, 0.2) is 0 Å². The number of carbonyl (C=O) groups excluding carboxylic acids is 2. The normalized spacial score (nSPS) is 12.4. The summed E-state index contributed by atoms with van der Waals surface area (Å²) in [6.45, 7) is 5.12. The number of nitrogens with one attached hydrogen (secondary N) is 2. The van der Waals surface area contributed by atoms with Gasteiger partial charge >= 0.3 is 11.9 Å². The lowest BCUT2D eigenvalue weighted by atomic mass is 10.1. The van der Waals surface area contributed by atoms with E-state index in [4.69, 9.17) is 0 Å². The number of hydrogen-bond donors (Lipinski definition) is 2. The van der Waals surface area contributed by atoms with Gasteiger partial charge in [-0.2, -0.15) is 0 Å². The van der Waals surface area contributed by atoms with Crippen molar-refractivity contribution < 1.29 is 27.5 Å². The van der Waals surface area contributed by atoms with Crippen LogP contribution in [-0.2, 0) is 29.1 Å². The van der Waals surface area contributed by atoms with Crippen molar-refractivity contribution in [3.05, 3.63) is 36.0 Å². The Bertz CT molecular complexity index is 778. The van der Waals surface area contributed by atoms with Crippen molar-refractivity contribution in [3.63, 3.8) is 0 Å². The zero-order valence-electron chi connectivity index (χ0n) is 14.7. The highest BCUT2D eigenvalue weighted by Gasteiger charge is 2.25. The maximum absolute atomic E-state index is 12.6. The summed E-state index contributed by atoms with van der Waals surface area (Å²) in [5.74, 6) is -1.64. The molecule has 1 rings (SSSR count). The van der Waals surface area contributed by atoms with Crippen LogP contribution >= 0.6 is 0 Å². The van der Waals surface area contributed by atoms with Crippen LogP contribution in [0, 0.1) is 0 Å². The van der Waals surface area contributed by atoms with Crippen molar-refractivity contribution in [3.8, 4) is 0 Å². The minimum atomic E-state index is -3.87. The van der Waals surface area contributed by atoms with Crippen LogP contribution in [0.2, 0.25) is 0 Å². The molecule has 0 aromatic heterocycles. The van der Waals surface area contributed by atoms with Gasteiger partial charge in [0.2, 0.25) is 10.0 Å². The molecule has 0 heterocycles. The molecule has 0 saturated carbocycles. The zero-order valence-corrected chi connectivity index (χ0v) is 15.6. The summed E-state index contributed by atoms with van der Waals surface area (Å²) in [4.78, 5) is 23.2. The Balaban J connectivity index is 3.33. The highest BCUT2D eigenvalue weighted by Crippen LogP contribution is 2.24. The molecule has 25 heavy (non-hydrogen) atoms. The van der Waals surface area contributed by atoms with Gasteiger partial charge in [-0.25, -0.2) is 22.7 Å². The van der Waals surface area contributed by atoms with Crippen LogP contribution in [0.25, 0.3) is 0 Å². The Hall–Kier alpha value is -2.39. The SMILES string of the molecule is COC(=O)/C=C(/Nc1ccccc1S(=O)(=O)NC(C)(C)C)C(=O)OC. The third-order valence-corrected chi connectivity index (χ3v) is 4.57. The van der Waals surface area contributed by atoms with Gasteiger partial charge in [0.25, 0.3) is 0 Å². The fourth-order valence-corrected chi connectivity index (χ4v) is 3.42. The summed E-state index contributed by atoms with van der Waals surface area (Å²) in [5, 5.41) is 2.62. The minimum absolute atomic E-state index is 0.0791. The molecule has 0 saturated heterocycles. The van der Waals surface area contributed by atoms with E-state index in [-0.39, 0.29) is 16.3 Å². The Morgan fingerprint density at radius 1 is 1.08 bits per heavy atom. The van der Waals surface area contributed by atoms with E-state index < -0.39 is 27.5 Å². The van der Waals surface area contributed by atoms with Gasteiger partial charge < -0.3 is 14.8 Å². The standard InChI is InChI=1S/C16H22N2O6S/c1-16(2,3)18-25(21,22)13-9-7-6-8-11(13)17-12(15(20)24-5)10-14(19)23-4/h6-10,17-18H,1-5H3/b12-10+. The molecule has 0 spiro atoms. The number of ether oxygens (including phenoxy) is 2. The van der Waals surface area contributed by atoms with Crippen LogP contribution in [0.1, 0.15) is 20.8 Å². The number of para-hydroxylation sites is 1. The molecule has 8 nitrogen and oxygen atoms in total. The van der Waals surface area contributed by atoms with Crippen LogP contribution in [0.4, 0.5) is 5.69 Å². The summed E-state index contributed by atoms with van der Waals surface area (Å²) >= 11 is 0. The first-order valence-electron chi connectivity index (χ1n) is 7.28. The number of anilines is 1. The summed E-state index contributed by atoms with van der Waals surface area (Å²) in [5.41, 5.74) is -0.841. The van der Waals surface area contributed by atoms with E-state index >= 15 is 0 Å². The Kier molecular flexibility index (Phi) is 6.71. The Labute approximate surface area is 147 Å². The first kappa shape index (κ1) is 20.7. The molecule has 0 aliphatic carbocycles. The predicted octanol–water partition coefficient (Wildman–Crippen LogP) is 1.41. The number of esters is 2. The average molecular weight is 370 g/mol. The fourth-order valence-electron chi connectivity index (χ4n) is 1.84. The molecule has 0 aliphatic heterocycles. The fraction of sp³-hybridized carbons (Fsp3) is 0.375. The van der Waals surface area contributed by atoms with Crippen LogP contribution in [-0.4, -0.2) is 40.1 Å². The molecule has 0 radical (unpaired) electrons. The third-order valence-electron chi connectivity index (χ3n) is 2.76. The first-order valence-corrected chi connectivity index (χ1v) is 8.76. The van der Waals surface area contributed by atoms with Gasteiger partial charge in [-0.3, -0.25) is 0 Å². The molecular formula is C16H22N2O6S. The third kappa shape index (κ3) is 6.20. The van der Waals surface area contributed by atoms with Crippen molar-refractivity contribution >= 4 is 27.6 Å². The molecule has 0 amide bonds. The van der Waals surface area contributed by atoms with Crippen LogP contribution in [0.15, 0.2) is 40.9 Å². The Morgan fingerprint density at radius 3 is 2.20 bits per heavy atom. The van der Waals surface area contributed by atoms with Crippen molar-refractivity contribution in [2.75, 3.05) is 19.5 Å². The molecule has 0 fully saturated rings. The van der Waals surface area contributed by atoms with E-state index in [1.165, 1.54) is 12.1 Å². The van der Waals surface area contributed by atoms with Gasteiger partial charge in [-0.15, -0.1) is 0 Å². The van der Waals surface area contributed by atoms with Crippen LogP contribution < -0.4 is 10.0 Å². The number of hydrogen-bond acceptors (Lipinski definition) is 7. The monoisotopic (exact) mass is 370 g/mol. The summed E-state index contributed by atoms with van der Waals surface area (Å²) in [7, 11) is -1.58. The topological polar surface area (TPSA) is 111 Å². The van der Waals surface area contributed by atoms with Gasteiger partial charge in [0, 0.05) is 5.54 Å². The van der Waals surface area contributed by atoms with Crippen molar-refractivity contribution in [1.82, 2.24) is 4.72 Å². The maximum atomic E-state index is 12.6. The highest BCUT2D eigenvalue weighted by atomic mass is 32.2. The highest BCUT2D eigenvalue weighted by molar-refractivity contribution is 7.89. The second-order valence-corrected chi connectivity index (χ2v) is 7.70. The lowest BCUT2D eigenvalue weighted by Crippen LogP contribution is -2.40.